The van der Waals surface area contributed by atoms with Crippen molar-refractivity contribution < 1.29 is 0 Å². The van der Waals surface area contributed by atoms with E-state index in [0.717, 1.165) is 38.0 Å². The van der Waals surface area contributed by atoms with Crippen molar-refractivity contribution in [2.75, 3.05) is 36.8 Å². The molecule has 0 aliphatic carbocycles. The summed E-state index contributed by atoms with van der Waals surface area (Å²) in [6.45, 7) is 8.87. The SMILES string of the molecule is CCN(CC)C1CCN(c2ccc(N)nn2)CC1. The van der Waals surface area contributed by atoms with Gasteiger partial charge in [-0.1, -0.05) is 13.8 Å². The molecule has 0 atom stereocenters. The number of nitrogens with two attached hydrogens (primary N) is 1. The minimum Gasteiger partial charge on any atom is -0.382 e. The first-order chi connectivity index (χ1) is 8.74. The van der Waals surface area contributed by atoms with Gasteiger partial charge in [-0.3, -0.25) is 0 Å². The number of hydrogen-bond donors (Lipinski definition) is 1. The van der Waals surface area contributed by atoms with Crippen molar-refractivity contribution in [1.82, 2.24) is 15.1 Å². The highest BCUT2D eigenvalue weighted by Gasteiger charge is 2.23. The van der Waals surface area contributed by atoms with Crippen molar-refractivity contribution in [2.45, 2.75) is 32.7 Å². The van der Waals surface area contributed by atoms with Gasteiger partial charge in [0.25, 0.3) is 0 Å². The van der Waals surface area contributed by atoms with Gasteiger partial charge in [0.15, 0.2) is 5.82 Å². The van der Waals surface area contributed by atoms with Crippen LogP contribution in [-0.4, -0.2) is 47.3 Å². The van der Waals surface area contributed by atoms with E-state index in [2.05, 4.69) is 33.8 Å². The molecule has 2 rings (SSSR count). The van der Waals surface area contributed by atoms with Gasteiger partial charge in [0.2, 0.25) is 0 Å². The summed E-state index contributed by atoms with van der Waals surface area (Å²) in [5.74, 6) is 1.43. The molecule has 2 heterocycles. The lowest BCUT2D eigenvalue weighted by molar-refractivity contribution is 0.186. The zero-order valence-corrected chi connectivity index (χ0v) is 11.3. The molecule has 18 heavy (non-hydrogen) atoms. The molecule has 1 aromatic rings. The van der Waals surface area contributed by atoms with Gasteiger partial charge < -0.3 is 15.5 Å². The maximum atomic E-state index is 5.56. The second-order valence-electron chi connectivity index (χ2n) is 4.76. The Kier molecular flexibility index (Phi) is 4.36. The molecule has 1 fully saturated rings. The highest BCUT2D eigenvalue weighted by molar-refractivity contribution is 5.41. The maximum Gasteiger partial charge on any atom is 0.151 e. The second kappa shape index (κ2) is 6.00. The number of piperidine rings is 1. The predicted octanol–water partition coefficient (Wildman–Crippen LogP) is 1.37. The summed E-state index contributed by atoms with van der Waals surface area (Å²) in [6.07, 6.45) is 2.40. The summed E-state index contributed by atoms with van der Waals surface area (Å²) in [5.41, 5.74) is 5.56. The molecule has 0 radical (unpaired) electrons. The summed E-state index contributed by atoms with van der Waals surface area (Å²) >= 11 is 0. The van der Waals surface area contributed by atoms with Crippen LogP contribution >= 0.6 is 0 Å². The van der Waals surface area contributed by atoms with Gasteiger partial charge in [-0.25, -0.2) is 0 Å². The fraction of sp³-hybridized carbons (Fsp3) is 0.692. The number of rotatable bonds is 4. The van der Waals surface area contributed by atoms with Gasteiger partial charge in [-0.2, -0.15) is 0 Å². The fourth-order valence-electron chi connectivity index (χ4n) is 2.70. The van der Waals surface area contributed by atoms with Crippen molar-refractivity contribution in [2.24, 2.45) is 0 Å². The minimum absolute atomic E-state index is 0.483. The van der Waals surface area contributed by atoms with Crippen LogP contribution in [0.15, 0.2) is 12.1 Å². The molecule has 100 valence electrons. The summed E-state index contributed by atoms with van der Waals surface area (Å²) < 4.78 is 0. The molecule has 0 aromatic carbocycles. The monoisotopic (exact) mass is 249 g/mol. The van der Waals surface area contributed by atoms with Gasteiger partial charge in [-0.15, -0.1) is 10.2 Å². The fourth-order valence-corrected chi connectivity index (χ4v) is 2.70. The average molecular weight is 249 g/mol. The minimum atomic E-state index is 0.483. The Morgan fingerprint density at radius 3 is 2.39 bits per heavy atom. The molecule has 1 aliphatic heterocycles. The Labute approximate surface area is 109 Å². The van der Waals surface area contributed by atoms with E-state index in [4.69, 9.17) is 5.73 Å². The molecular formula is C13H23N5. The Morgan fingerprint density at radius 1 is 1.22 bits per heavy atom. The van der Waals surface area contributed by atoms with E-state index in [0.29, 0.717) is 5.82 Å². The van der Waals surface area contributed by atoms with E-state index < -0.39 is 0 Å². The third-order valence-corrected chi connectivity index (χ3v) is 3.79. The van der Waals surface area contributed by atoms with E-state index in [1.807, 2.05) is 12.1 Å². The predicted molar refractivity (Wildman–Crippen MR) is 74.6 cm³/mol. The summed E-state index contributed by atoms with van der Waals surface area (Å²) in [5, 5.41) is 8.07. The first-order valence-corrected chi connectivity index (χ1v) is 6.82. The van der Waals surface area contributed by atoms with Crippen molar-refractivity contribution in [1.29, 1.82) is 0 Å². The van der Waals surface area contributed by atoms with E-state index in [-0.39, 0.29) is 0 Å². The number of hydrogen-bond acceptors (Lipinski definition) is 5. The first-order valence-electron chi connectivity index (χ1n) is 6.82. The van der Waals surface area contributed by atoms with Gasteiger partial charge in [0.05, 0.1) is 0 Å². The van der Waals surface area contributed by atoms with Crippen LogP contribution in [0.25, 0.3) is 0 Å². The highest BCUT2D eigenvalue weighted by Crippen LogP contribution is 2.20. The van der Waals surface area contributed by atoms with Crippen molar-refractivity contribution in [3.63, 3.8) is 0 Å². The number of anilines is 2. The average Bonchev–Trinajstić information content (AvgIpc) is 2.42. The molecule has 5 nitrogen and oxygen atoms in total. The quantitative estimate of drug-likeness (QED) is 0.873. The molecule has 5 heteroatoms. The van der Waals surface area contributed by atoms with Gasteiger partial charge in [-0.05, 0) is 38.1 Å². The smallest absolute Gasteiger partial charge is 0.151 e. The number of nitrogens with zero attached hydrogens (tertiary/aromatic N) is 4. The molecule has 0 bridgehead atoms. The van der Waals surface area contributed by atoms with E-state index in [1.54, 1.807) is 0 Å². The lowest BCUT2D eigenvalue weighted by Gasteiger charge is -2.38. The Hall–Kier alpha value is -1.36. The van der Waals surface area contributed by atoms with E-state index >= 15 is 0 Å². The van der Waals surface area contributed by atoms with Crippen LogP contribution < -0.4 is 10.6 Å². The van der Waals surface area contributed by atoms with Crippen LogP contribution in [-0.2, 0) is 0 Å². The molecule has 0 amide bonds. The second-order valence-corrected chi connectivity index (χ2v) is 4.76. The third-order valence-electron chi connectivity index (χ3n) is 3.79. The Balaban J connectivity index is 1.92. The zero-order valence-electron chi connectivity index (χ0n) is 11.3. The molecule has 0 saturated carbocycles. The van der Waals surface area contributed by atoms with Crippen LogP contribution in [0.5, 0.6) is 0 Å². The number of aromatic nitrogens is 2. The van der Waals surface area contributed by atoms with Gasteiger partial charge in [0, 0.05) is 19.1 Å². The molecule has 0 unspecified atom stereocenters. The Bertz CT molecular complexity index is 352. The molecule has 1 saturated heterocycles. The van der Waals surface area contributed by atoms with Crippen molar-refractivity contribution >= 4 is 11.6 Å². The largest absolute Gasteiger partial charge is 0.382 e. The van der Waals surface area contributed by atoms with Crippen molar-refractivity contribution in [3.8, 4) is 0 Å². The van der Waals surface area contributed by atoms with Crippen LogP contribution in [0.4, 0.5) is 11.6 Å². The van der Waals surface area contributed by atoms with Crippen molar-refractivity contribution in [3.05, 3.63) is 12.1 Å². The van der Waals surface area contributed by atoms with Crippen LogP contribution in [0, 0.1) is 0 Å². The van der Waals surface area contributed by atoms with E-state index in [1.165, 1.54) is 12.8 Å². The maximum absolute atomic E-state index is 5.56. The summed E-state index contributed by atoms with van der Waals surface area (Å²) in [6, 6.07) is 4.50. The van der Waals surface area contributed by atoms with Gasteiger partial charge >= 0.3 is 0 Å². The summed E-state index contributed by atoms with van der Waals surface area (Å²) in [7, 11) is 0. The molecule has 1 aliphatic rings. The topological polar surface area (TPSA) is 58.3 Å². The van der Waals surface area contributed by atoms with Gasteiger partial charge in [0.1, 0.15) is 5.82 Å². The Morgan fingerprint density at radius 2 is 1.89 bits per heavy atom. The molecule has 2 N–H and O–H groups in total. The molecule has 1 aromatic heterocycles. The lowest BCUT2D eigenvalue weighted by Crippen LogP contribution is -2.45. The zero-order chi connectivity index (χ0) is 13.0. The first kappa shape index (κ1) is 13.1. The van der Waals surface area contributed by atoms with Crippen LogP contribution in [0.2, 0.25) is 0 Å². The van der Waals surface area contributed by atoms with Crippen LogP contribution in [0.1, 0.15) is 26.7 Å². The normalized spacial score (nSPS) is 17.4. The molecular weight excluding hydrogens is 226 g/mol. The third kappa shape index (κ3) is 2.90. The van der Waals surface area contributed by atoms with Crippen LogP contribution in [0.3, 0.4) is 0 Å². The highest BCUT2D eigenvalue weighted by atomic mass is 15.3. The summed E-state index contributed by atoms with van der Waals surface area (Å²) in [4.78, 5) is 4.85. The van der Waals surface area contributed by atoms with E-state index in [9.17, 15) is 0 Å². The number of nitrogen functional groups attached to an aromatic ring is 1. The standard InChI is InChI=1S/C13H23N5/c1-3-17(4-2)11-7-9-18(10-8-11)13-6-5-12(14)15-16-13/h5-6,11H,3-4,7-10H2,1-2H3,(H2,14,15). The lowest BCUT2D eigenvalue weighted by atomic mass is 10.0. The molecule has 0 spiro atoms.